The van der Waals surface area contributed by atoms with Crippen LogP contribution in [0.3, 0.4) is 0 Å². The summed E-state index contributed by atoms with van der Waals surface area (Å²) in [5.41, 5.74) is 0. The molecule has 2 atom stereocenters. The van der Waals surface area contributed by atoms with E-state index in [-0.39, 0.29) is 13.0 Å². The van der Waals surface area contributed by atoms with Crippen LogP contribution in [0.2, 0.25) is 0 Å². The van der Waals surface area contributed by atoms with Crippen LogP contribution in [0.15, 0.2) is 23.1 Å². The van der Waals surface area contributed by atoms with Crippen molar-refractivity contribution in [3.05, 3.63) is 29.8 Å². The van der Waals surface area contributed by atoms with Crippen LogP contribution in [0.5, 0.6) is 0 Å². The zero-order chi connectivity index (χ0) is 16.5. The number of piperidine rings is 1. The average molecular weight is 337 g/mol. The Morgan fingerprint density at radius 3 is 2.41 bits per heavy atom. The van der Waals surface area contributed by atoms with Crippen molar-refractivity contribution in [3.8, 4) is 0 Å². The van der Waals surface area contributed by atoms with Crippen molar-refractivity contribution in [2.45, 2.75) is 17.5 Å². The number of hydrogen-bond donors (Lipinski definition) is 0. The van der Waals surface area contributed by atoms with Gasteiger partial charge in [0, 0.05) is 13.1 Å². The lowest BCUT2D eigenvalue weighted by Crippen LogP contribution is -2.47. The molecule has 0 spiro atoms. The third-order valence-corrected chi connectivity index (χ3v) is 5.44. The Kier molecular flexibility index (Phi) is 4.76. The van der Waals surface area contributed by atoms with Gasteiger partial charge in [-0.05, 0) is 18.6 Å². The number of carbonyl (C=O) groups is 1. The predicted octanol–water partition coefficient (Wildman–Crippen LogP) is 1.49. The summed E-state index contributed by atoms with van der Waals surface area (Å²) >= 11 is 0. The number of benzene rings is 1. The Morgan fingerprint density at radius 2 is 1.91 bits per heavy atom. The van der Waals surface area contributed by atoms with Gasteiger partial charge in [0.2, 0.25) is 10.0 Å². The Balaban J connectivity index is 2.28. The maximum Gasteiger partial charge on any atom is 0.311 e. The minimum absolute atomic E-state index is 0.122. The molecule has 122 valence electrons. The third-order valence-electron chi connectivity index (χ3n) is 3.52. The van der Waals surface area contributed by atoms with Crippen molar-refractivity contribution in [2.75, 3.05) is 20.2 Å². The maximum absolute atomic E-state index is 14.0. The molecule has 0 saturated carbocycles. The average Bonchev–Trinajstić information content (AvgIpc) is 2.46. The maximum atomic E-state index is 14.0. The fourth-order valence-corrected chi connectivity index (χ4v) is 3.94. The number of sulfonamides is 1. The van der Waals surface area contributed by atoms with E-state index in [2.05, 4.69) is 4.74 Å². The molecule has 0 aliphatic carbocycles. The molecule has 1 aromatic rings. The number of nitrogens with zero attached hydrogens (tertiary/aromatic N) is 1. The van der Waals surface area contributed by atoms with Gasteiger partial charge in [0.25, 0.3) is 0 Å². The smallest absolute Gasteiger partial charge is 0.311 e. The monoisotopic (exact) mass is 337 g/mol. The predicted molar refractivity (Wildman–Crippen MR) is 70.1 cm³/mol. The minimum Gasteiger partial charge on any atom is -0.469 e. The largest absolute Gasteiger partial charge is 0.469 e. The molecule has 9 heteroatoms. The van der Waals surface area contributed by atoms with E-state index in [4.69, 9.17) is 0 Å². The van der Waals surface area contributed by atoms with Crippen molar-refractivity contribution < 1.29 is 31.1 Å². The van der Waals surface area contributed by atoms with E-state index in [1.807, 2.05) is 0 Å². The van der Waals surface area contributed by atoms with Gasteiger partial charge in [0.1, 0.15) is 17.8 Å². The number of esters is 1. The molecule has 1 heterocycles. The van der Waals surface area contributed by atoms with Crippen molar-refractivity contribution in [1.29, 1.82) is 0 Å². The van der Waals surface area contributed by atoms with E-state index in [0.29, 0.717) is 4.31 Å². The van der Waals surface area contributed by atoms with Crippen LogP contribution in [0, 0.1) is 17.6 Å². The molecule has 1 fully saturated rings. The highest BCUT2D eigenvalue weighted by Crippen LogP contribution is 2.29. The topological polar surface area (TPSA) is 63.7 Å². The summed E-state index contributed by atoms with van der Waals surface area (Å²) < 4.78 is 70.9. The molecule has 1 aliphatic heterocycles. The van der Waals surface area contributed by atoms with Gasteiger partial charge in [-0.2, -0.15) is 4.31 Å². The quantitative estimate of drug-likeness (QED) is 0.784. The van der Waals surface area contributed by atoms with Crippen LogP contribution in [0.4, 0.5) is 13.2 Å². The van der Waals surface area contributed by atoms with E-state index in [9.17, 15) is 26.4 Å². The first-order valence-corrected chi connectivity index (χ1v) is 7.89. The molecule has 0 bridgehead atoms. The van der Waals surface area contributed by atoms with Crippen LogP contribution in [-0.4, -0.2) is 45.1 Å². The minimum atomic E-state index is -4.52. The summed E-state index contributed by atoms with van der Waals surface area (Å²) in [5, 5.41) is 0. The van der Waals surface area contributed by atoms with Crippen LogP contribution in [0.1, 0.15) is 6.42 Å². The second-order valence-corrected chi connectivity index (χ2v) is 6.72. The van der Waals surface area contributed by atoms with Crippen LogP contribution >= 0.6 is 0 Å². The summed E-state index contributed by atoms with van der Waals surface area (Å²) in [7, 11) is -3.42. The van der Waals surface area contributed by atoms with E-state index < -0.39 is 51.2 Å². The number of rotatable bonds is 3. The Morgan fingerprint density at radius 1 is 1.32 bits per heavy atom. The van der Waals surface area contributed by atoms with Gasteiger partial charge < -0.3 is 4.74 Å². The highest BCUT2D eigenvalue weighted by molar-refractivity contribution is 7.89. The summed E-state index contributed by atoms with van der Waals surface area (Å²) in [6, 6.07) is 2.65. The summed E-state index contributed by atoms with van der Waals surface area (Å²) in [6.45, 7) is -0.883. The molecule has 0 amide bonds. The first-order valence-electron chi connectivity index (χ1n) is 6.45. The zero-order valence-electron chi connectivity index (χ0n) is 11.6. The van der Waals surface area contributed by atoms with Gasteiger partial charge in [-0.25, -0.2) is 21.6 Å². The highest BCUT2D eigenvalue weighted by atomic mass is 32.2. The molecule has 0 unspecified atom stereocenters. The number of methoxy groups -OCH3 is 1. The highest BCUT2D eigenvalue weighted by Gasteiger charge is 2.41. The Bertz CT molecular complexity index is 660. The lowest BCUT2D eigenvalue weighted by Gasteiger charge is -2.32. The number of alkyl halides is 1. The Hall–Kier alpha value is -1.61. The molecular formula is C13H14F3NO4S. The molecule has 2 rings (SSSR count). The number of hydrogen-bond acceptors (Lipinski definition) is 4. The van der Waals surface area contributed by atoms with E-state index >= 15 is 0 Å². The molecule has 1 saturated heterocycles. The SMILES string of the molecule is COC(=O)[C@@H]1CCN(S(=O)(=O)c2c(F)cccc2F)C[C@@H]1F. The third kappa shape index (κ3) is 2.95. The van der Waals surface area contributed by atoms with Gasteiger partial charge in [-0.3, -0.25) is 4.79 Å². The lowest BCUT2D eigenvalue weighted by atomic mass is 9.96. The van der Waals surface area contributed by atoms with Gasteiger partial charge in [0.05, 0.1) is 13.0 Å². The van der Waals surface area contributed by atoms with Crippen LogP contribution in [0.25, 0.3) is 0 Å². The fraction of sp³-hybridized carbons (Fsp3) is 0.462. The van der Waals surface area contributed by atoms with E-state index in [1.165, 1.54) is 0 Å². The first kappa shape index (κ1) is 16.8. The number of ether oxygens (including phenoxy) is 1. The normalized spacial score (nSPS) is 23.3. The van der Waals surface area contributed by atoms with Crippen LogP contribution < -0.4 is 0 Å². The second kappa shape index (κ2) is 6.25. The molecule has 0 radical (unpaired) electrons. The van der Waals surface area contributed by atoms with Crippen LogP contribution in [-0.2, 0) is 19.6 Å². The molecular weight excluding hydrogens is 323 g/mol. The van der Waals surface area contributed by atoms with E-state index in [0.717, 1.165) is 25.3 Å². The number of carbonyl (C=O) groups excluding carboxylic acids is 1. The van der Waals surface area contributed by atoms with Gasteiger partial charge in [-0.15, -0.1) is 0 Å². The summed E-state index contributed by atoms with van der Waals surface area (Å²) in [6.07, 6.45) is -1.92. The molecule has 22 heavy (non-hydrogen) atoms. The zero-order valence-corrected chi connectivity index (χ0v) is 12.4. The van der Waals surface area contributed by atoms with Gasteiger partial charge in [0.15, 0.2) is 4.90 Å². The van der Waals surface area contributed by atoms with Crippen molar-refractivity contribution in [3.63, 3.8) is 0 Å². The molecule has 0 N–H and O–H groups in total. The molecule has 1 aliphatic rings. The lowest BCUT2D eigenvalue weighted by molar-refractivity contribution is -0.149. The standard InChI is InChI=1S/C13H14F3NO4S/c1-21-13(18)8-5-6-17(7-11(8)16)22(19,20)12-9(14)3-2-4-10(12)15/h2-4,8,11H,5-7H2,1H3/t8-,11+/m1/s1. The van der Waals surface area contributed by atoms with Crippen molar-refractivity contribution in [2.24, 2.45) is 5.92 Å². The van der Waals surface area contributed by atoms with E-state index in [1.54, 1.807) is 0 Å². The van der Waals surface area contributed by atoms with Crippen molar-refractivity contribution in [1.82, 2.24) is 4.31 Å². The Labute approximate surface area is 125 Å². The van der Waals surface area contributed by atoms with Gasteiger partial charge >= 0.3 is 5.97 Å². The second-order valence-electron chi connectivity index (χ2n) is 4.85. The van der Waals surface area contributed by atoms with Crippen molar-refractivity contribution >= 4 is 16.0 Å². The number of halogens is 3. The van der Waals surface area contributed by atoms with Gasteiger partial charge in [-0.1, -0.05) is 6.07 Å². The molecule has 1 aromatic carbocycles. The fourth-order valence-electron chi connectivity index (χ4n) is 2.37. The molecule has 5 nitrogen and oxygen atoms in total. The molecule has 0 aromatic heterocycles. The summed E-state index contributed by atoms with van der Waals surface area (Å²) in [5.74, 6) is -4.35. The first-order chi connectivity index (χ1) is 10.3. The summed E-state index contributed by atoms with van der Waals surface area (Å²) in [4.78, 5) is 10.2.